The van der Waals surface area contributed by atoms with Gasteiger partial charge in [-0.15, -0.1) is 10.2 Å². The number of phosphoric acid groups is 1. The summed E-state index contributed by atoms with van der Waals surface area (Å²) in [6.45, 7) is 0.545. The van der Waals surface area contributed by atoms with E-state index in [4.69, 9.17) is 24.7 Å². The van der Waals surface area contributed by atoms with Crippen LogP contribution in [0.1, 0.15) is 23.9 Å². The molecule has 9 nitrogen and oxygen atoms in total. The maximum atomic E-state index is 13.9. The van der Waals surface area contributed by atoms with Crippen LogP contribution in [0.25, 0.3) is 22.6 Å². The summed E-state index contributed by atoms with van der Waals surface area (Å²) in [4.78, 5) is 17.7. The molecule has 3 aromatic carbocycles. The third-order valence-corrected chi connectivity index (χ3v) is 5.90. The minimum Gasteiger partial charge on any atom is -0.488 e. The molecular formula is C25H23F3N3O6P. The van der Waals surface area contributed by atoms with Gasteiger partial charge >= 0.3 is 14.0 Å². The van der Waals surface area contributed by atoms with Crippen molar-refractivity contribution < 1.29 is 41.2 Å². The summed E-state index contributed by atoms with van der Waals surface area (Å²) < 4.78 is 67.8. The standard InChI is InChI=1S/C25H23F3N3O6P/c1-24(29,15-36-38(32,33)34)23-31-30-22(37-23)19-11-12-21(20(13-19)25(26,27)28)35-14-16-7-9-18(10-8-16)17-5-3-2-4-6-17/h2-13H,14-15,29H2,1H3,(H2,32,33,34)/t24-/m0/s1. The Kier molecular flexibility index (Phi) is 7.73. The van der Waals surface area contributed by atoms with E-state index >= 15 is 0 Å². The van der Waals surface area contributed by atoms with E-state index in [1.807, 2.05) is 42.5 Å². The Hall–Kier alpha value is -3.54. The Morgan fingerprint density at radius 1 is 0.947 bits per heavy atom. The summed E-state index contributed by atoms with van der Waals surface area (Å²) in [5.41, 5.74) is 5.89. The Balaban J connectivity index is 1.52. The highest BCUT2D eigenvalue weighted by molar-refractivity contribution is 7.46. The van der Waals surface area contributed by atoms with E-state index in [1.54, 1.807) is 12.1 Å². The van der Waals surface area contributed by atoms with Gasteiger partial charge in [0.2, 0.25) is 11.8 Å². The topological polar surface area (TPSA) is 141 Å². The van der Waals surface area contributed by atoms with E-state index < -0.39 is 31.7 Å². The second kappa shape index (κ2) is 10.7. The van der Waals surface area contributed by atoms with Crippen LogP contribution < -0.4 is 10.5 Å². The predicted molar refractivity (Wildman–Crippen MR) is 130 cm³/mol. The molecular weight excluding hydrogens is 526 g/mol. The summed E-state index contributed by atoms with van der Waals surface area (Å²) in [7, 11) is -4.82. The van der Waals surface area contributed by atoms with Crippen molar-refractivity contribution in [3.05, 3.63) is 89.8 Å². The van der Waals surface area contributed by atoms with E-state index in [-0.39, 0.29) is 29.7 Å². The highest BCUT2D eigenvalue weighted by atomic mass is 31.2. The molecule has 38 heavy (non-hydrogen) atoms. The van der Waals surface area contributed by atoms with Gasteiger partial charge < -0.3 is 24.7 Å². The molecule has 0 aliphatic carbocycles. The monoisotopic (exact) mass is 549 g/mol. The van der Waals surface area contributed by atoms with Crippen molar-refractivity contribution in [2.24, 2.45) is 5.73 Å². The zero-order valence-corrected chi connectivity index (χ0v) is 20.8. The minimum atomic E-state index is -4.82. The summed E-state index contributed by atoms with van der Waals surface area (Å²) in [5, 5.41) is 7.42. The normalized spacial score (nSPS) is 13.8. The van der Waals surface area contributed by atoms with Crippen molar-refractivity contribution >= 4 is 7.82 Å². The van der Waals surface area contributed by atoms with Gasteiger partial charge in [0.1, 0.15) is 17.9 Å². The Labute approximate surface area is 215 Å². The predicted octanol–water partition coefficient (Wildman–Crippen LogP) is 5.28. The lowest BCUT2D eigenvalue weighted by Crippen LogP contribution is -2.38. The summed E-state index contributed by atoms with van der Waals surface area (Å²) >= 11 is 0. The largest absolute Gasteiger partial charge is 0.488 e. The van der Waals surface area contributed by atoms with Crippen LogP contribution in [0.5, 0.6) is 5.75 Å². The number of benzene rings is 3. The van der Waals surface area contributed by atoms with Gasteiger partial charge in [-0.2, -0.15) is 13.2 Å². The first-order chi connectivity index (χ1) is 17.8. The summed E-state index contributed by atoms with van der Waals surface area (Å²) in [5.74, 6) is -0.943. The number of ether oxygens (including phenoxy) is 1. The number of rotatable bonds is 9. The van der Waals surface area contributed by atoms with Crippen LogP contribution in [0.15, 0.2) is 77.2 Å². The zero-order chi connectivity index (χ0) is 27.6. The lowest BCUT2D eigenvalue weighted by Gasteiger charge is -2.19. The molecule has 0 amide bonds. The second-order valence-corrected chi connectivity index (χ2v) is 9.89. The number of hydrogen-bond donors (Lipinski definition) is 3. The molecule has 200 valence electrons. The number of halogens is 3. The SMILES string of the molecule is C[C@](N)(COP(=O)(O)O)c1nnc(-c2ccc(OCc3ccc(-c4ccccc4)cc3)c(C(F)(F)F)c2)o1. The van der Waals surface area contributed by atoms with E-state index in [2.05, 4.69) is 14.7 Å². The van der Waals surface area contributed by atoms with E-state index in [1.165, 1.54) is 13.0 Å². The fourth-order valence-corrected chi connectivity index (χ4v) is 3.88. The quantitative estimate of drug-likeness (QED) is 0.238. The summed E-state index contributed by atoms with van der Waals surface area (Å²) in [6.07, 6.45) is -4.75. The molecule has 4 rings (SSSR count). The first-order valence-electron chi connectivity index (χ1n) is 11.1. The maximum Gasteiger partial charge on any atom is 0.469 e. The first-order valence-corrected chi connectivity index (χ1v) is 12.7. The van der Waals surface area contributed by atoms with Gasteiger partial charge in [0.25, 0.3) is 0 Å². The van der Waals surface area contributed by atoms with Crippen molar-refractivity contribution in [3.8, 4) is 28.3 Å². The Bertz CT molecular complexity index is 1440. The number of phosphoric ester groups is 1. The van der Waals surface area contributed by atoms with E-state index in [9.17, 15) is 17.7 Å². The molecule has 0 fully saturated rings. The van der Waals surface area contributed by atoms with Crippen molar-refractivity contribution in [2.75, 3.05) is 6.61 Å². The van der Waals surface area contributed by atoms with Gasteiger partial charge in [-0.3, -0.25) is 4.52 Å². The Morgan fingerprint density at radius 3 is 2.21 bits per heavy atom. The highest BCUT2D eigenvalue weighted by Gasteiger charge is 2.36. The fraction of sp³-hybridized carbons (Fsp3) is 0.200. The van der Waals surface area contributed by atoms with Gasteiger partial charge in [0.15, 0.2) is 0 Å². The van der Waals surface area contributed by atoms with Gasteiger partial charge in [0.05, 0.1) is 12.2 Å². The lowest BCUT2D eigenvalue weighted by molar-refractivity contribution is -0.139. The van der Waals surface area contributed by atoms with Crippen molar-refractivity contribution in [2.45, 2.75) is 25.2 Å². The average Bonchev–Trinajstić information content (AvgIpc) is 3.38. The average molecular weight is 549 g/mol. The summed E-state index contributed by atoms with van der Waals surface area (Å²) in [6, 6.07) is 20.2. The molecule has 1 aromatic heterocycles. The molecule has 0 saturated heterocycles. The van der Waals surface area contributed by atoms with Crippen molar-refractivity contribution in [1.29, 1.82) is 0 Å². The third kappa shape index (κ3) is 6.85. The fourth-order valence-electron chi connectivity index (χ4n) is 3.45. The van der Waals surface area contributed by atoms with E-state index in [0.717, 1.165) is 23.3 Å². The molecule has 0 aliphatic rings. The van der Waals surface area contributed by atoms with E-state index in [0.29, 0.717) is 5.56 Å². The number of alkyl halides is 3. The molecule has 0 saturated carbocycles. The van der Waals surface area contributed by atoms with Crippen LogP contribution >= 0.6 is 7.82 Å². The molecule has 1 atom stereocenters. The van der Waals surface area contributed by atoms with Crippen molar-refractivity contribution in [3.63, 3.8) is 0 Å². The van der Waals surface area contributed by atoms with Crippen LogP contribution in [-0.2, 0) is 27.4 Å². The van der Waals surface area contributed by atoms with Gasteiger partial charge in [-0.1, -0.05) is 54.6 Å². The van der Waals surface area contributed by atoms with Crippen LogP contribution in [0.3, 0.4) is 0 Å². The molecule has 4 aromatic rings. The number of hydrogen-bond acceptors (Lipinski definition) is 7. The number of nitrogens with zero attached hydrogens (tertiary/aromatic N) is 2. The minimum absolute atomic E-state index is 0.0534. The van der Waals surface area contributed by atoms with Crippen LogP contribution in [0, 0.1) is 0 Å². The van der Waals surface area contributed by atoms with Gasteiger partial charge in [0, 0.05) is 5.56 Å². The van der Waals surface area contributed by atoms with Gasteiger partial charge in [-0.05, 0) is 41.8 Å². The highest BCUT2D eigenvalue weighted by Crippen LogP contribution is 2.40. The Morgan fingerprint density at radius 2 is 1.58 bits per heavy atom. The third-order valence-electron chi connectivity index (χ3n) is 5.43. The smallest absolute Gasteiger partial charge is 0.469 e. The molecule has 0 spiro atoms. The molecule has 0 radical (unpaired) electrons. The lowest BCUT2D eigenvalue weighted by atomic mass is 10.0. The first kappa shape index (κ1) is 27.5. The second-order valence-electron chi connectivity index (χ2n) is 8.65. The van der Waals surface area contributed by atoms with Crippen LogP contribution in [0.2, 0.25) is 0 Å². The molecule has 0 bridgehead atoms. The molecule has 13 heteroatoms. The molecule has 4 N–H and O–H groups in total. The zero-order valence-electron chi connectivity index (χ0n) is 19.9. The van der Waals surface area contributed by atoms with Gasteiger partial charge in [-0.25, -0.2) is 4.57 Å². The van der Waals surface area contributed by atoms with Crippen LogP contribution in [-0.4, -0.2) is 26.6 Å². The number of aromatic nitrogens is 2. The number of nitrogens with two attached hydrogens (primary N) is 1. The molecule has 0 unspecified atom stereocenters. The van der Waals surface area contributed by atoms with Crippen molar-refractivity contribution in [1.82, 2.24) is 10.2 Å². The maximum absolute atomic E-state index is 13.9. The molecule has 1 heterocycles. The van der Waals surface area contributed by atoms with Crippen LogP contribution in [0.4, 0.5) is 13.2 Å². The molecule has 0 aliphatic heterocycles.